The predicted octanol–water partition coefficient (Wildman–Crippen LogP) is 5.26. The first kappa shape index (κ1) is 14.5. The van der Waals surface area contributed by atoms with Gasteiger partial charge in [0.15, 0.2) is 0 Å². The highest BCUT2D eigenvalue weighted by Crippen LogP contribution is 2.27. The molecule has 2 nitrogen and oxygen atoms in total. The number of nitrogens with one attached hydrogen (secondary N) is 1. The third kappa shape index (κ3) is 3.35. The van der Waals surface area contributed by atoms with Crippen LogP contribution in [0.2, 0.25) is 5.02 Å². The third-order valence-corrected chi connectivity index (χ3v) is 3.83. The molecule has 19 heavy (non-hydrogen) atoms. The Kier molecular flexibility index (Phi) is 4.60. The van der Waals surface area contributed by atoms with Crippen LogP contribution in [0.4, 0.5) is 10.1 Å². The summed E-state index contributed by atoms with van der Waals surface area (Å²) in [6, 6.07) is 9.35. The van der Waals surface area contributed by atoms with E-state index in [2.05, 4.69) is 37.2 Å². The Balaban J connectivity index is 2.31. The topological polar surface area (TPSA) is 29.1 Å². The zero-order chi connectivity index (χ0) is 14.0. The van der Waals surface area contributed by atoms with Gasteiger partial charge in [0.25, 0.3) is 5.91 Å². The van der Waals surface area contributed by atoms with Crippen LogP contribution in [-0.4, -0.2) is 5.91 Å². The van der Waals surface area contributed by atoms with E-state index in [9.17, 15) is 9.18 Å². The van der Waals surface area contributed by atoms with E-state index in [0.717, 1.165) is 4.47 Å². The average molecular weight is 407 g/mol. The highest BCUT2D eigenvalue weighted by molar-refractivity contribution is 9.11. The highest BCUT2D eigenvalue weighted by atomic mass is 79.9. The molecule has 0 aliphatic carbocycles. The minimum Gasteiger partial charge on any atom is -0.321 e. The Morgan fingerprint density at radius 1 is 1.21 bits per heavy atom. The van der Waals surface area contributed by atoms with Gasteiger partial charge in [-0.05, 0) is 46.3 Å². The first-order valence-electron chi connectivity index (χ1n) is 5.19. The van der Waals surface area contributed by atoms with Gasteiger partial charge < -0.3 is 5.32 Å². The van der Waals surface area contributed by atoms with E-state index in [1.165, 1.54) is 18.2 Å². The molecule has 0 aliphatic rings. The van der Waals surface area contributed by atoms with Crippen molar-refractivity contribution in [2.75, 3.05) is 5.32 Å². The fourth-order valence-corrected chi connectivity index (χ4v) is 2.89. The SMILES string of the molecule is O=C(Nc1ccc(Br)cc1Br)c1c(F)cccc1Cl. The van der Waals surface area contributed by atoms with Gasteiger partial charge in [0.05, 0.1) is 16.3 Å². The Bertz CT molecular complexity index is 628. The molecule has 1 N–H and O–H groups in total. The number of anilines is 1. The third-order valence-electron chi connectivity index (χ3n) is 2.37. The molecule has 0 atom stereocenters. The highest BCUT2D eigenvalue weighted by Gasteiger charge is 2.16. The molecular formula is C13H7Br2ClFNO. The van der Waals surface area contributed by atoms with E-state index in [1.807, 2.05) is 0 Å². The molecule has 0 bridgehead atoms. The molecule has 0 unspecified atom stereocenters. The normalized spacial score (nSPS) is 10.3. The van der Waals surface area contributed by atoms with E-state index < -0.39 is 11.7 Å². The first-order valence-corrected chi connectivity index (χ1v) is 7.16. The van der Waals surface area contributed by atoms with Crippen molar-refractivity contribution in [3.8, 4) is 0 Å². The lowest BCUT2D eigenvalue weighted by Gasteiger charge is -2.09. The van der Waals surface area contributed by atoms with Gasteiger partial charge in [-0.2, -0.15) is 0 Å². The van der Waals surface area contributed by atoms with Crippen LogP contribution in [0.25, 0.3) is 0 Å². The number of halogens is 4. The number of carbonyl (C=O) groups is 1. The molecule has 98 valence electrons. The summed E-state index contributed by atoms with van der Waals surface area (Å²) in [5.41, 5.74) is 0.367. The Hall–Kier alpha value is -0.910. The van der Waals surface area contributed by atoms with Crippen LogP contribution in [0.3, 0.4) is 0 Å². The molecule has 2 aromatic rings. The second kappa shape index (κ2) is 6.03. The number of carbonyl (C=O) groups excluding carboxylic acids is 1. The molecule has 6 heteroatoms. The summed E-state index contributed by atoms with van der Waals surface area (Å²) in [7, 11) is 0. The van der Waals surface area contributed by atoms with E-state index in [4.69, 9.17) is 11.6 Å². The molecule has 0 spiro atoms. The van der Waals surface area contributed by atoms with Gasteiger partial charge in [-0.15, -0.1) is 0 Å². The average Bonchev–Trinajstić information content (AvgIpc) is 2.32. The van der Waals surface area contributed by atoms with Crippen LogP contribution >= 0.6 is 43.5 Å². The molecule has 0 fully saturated rings. The lowest BCUT2D eigenvalue weighted by atomic mass is 10.2. The summed E-state index contributed by atoms with van der Waals surface area (Å²) in [5.74, 6) is -1.25. The lowest BCUT2D eigenvalue weighted by molar-refractivity contribution is 0.102. The molecule has 2 rings (SSSR count). The van der Waals surface area contributed by atoms with Gasteiger partial charge in [-0.25, -0.2) is 4.39 Å². The number of hydrogen-bond acceptors (Lipinski definition) is 1. The summed E-state index contributed by atoms with van der Waals surface area (Å²) in [5, 5.41) is 2.68. The zero-order valence-electron chi connectivity index (χ0n) is 9.38. The smallest absolute Gasteiger partial charge is 0.260 e. The molecule has 0 saturated carbocycles. The fourth-order valence-electron chi connectivity index (χ4n) is 1.49. The van der Waals surface area contributed by atoms with Gasteiger partial charge >= 0.3 is 0 Å². The van der Waals surface area contributed by atoms with E-state index in [0.29, 0.717) is 10.2 Å². The quantitative estimate of drug-likeness (QED) is 0.723. The predicted molar refractivity (Wildman–Crippen MR) is 81.2 cm³/mol. The van der Waals surface area contributed by atoms with Gasteiger partial charge in [-0.3, -0.25) is 4.79 Å². The van der Waals surface area contributed by atoms with Crippen molar-refractivity contribution in [2.24, 2.45) is 0 Å². The largest absolute Gasteiger partial charge is 0.321 e. The Morgan fingerprint density at radius 2 is 1.95 bits per heavy atom. The van der Waals surface area contributed by atoms with Crippen LogP contribution in [-0.2, 0) is 0 Å². The fraction of sp³-hybridized carbons (Fsp3) is 0. The minimum atomic E-state index is -0.654. The standard InChI is InChI=1S/C13H7Br2ClFNO/c14-7-4-5-11(8(15)6-7)18-13(19)12-9(16)2-1-3-10(12)17/h1-6H,(H,18,19). The summed E-state index contributed by atoms with van der Waals surface area (Å²) >= 11 is 12.5. The van der Waals surface area contributed by atoms with Crippen molar-refractivity contribution in [3.05, 3.63) is 61.7 Å². The first-order chi connectivity index (χ1) is 8.99. The maximum atomic E-state index is 13.6. The van der Waals surface area contributed by atoms with Crippen LogP contribution in [0, 0.1) is 5.82 Å². The zero-order valence-corrected chi connectivity index (χ0v) is 13.3. The van der Waals surface area contributed by atoms with Crippen LogP contribution in [0.5, 0.6) is 0 Å². The molecule has 0 aliphatic heterocycles. The lowest BCUT2D eigenvalue weighted by Crippen LogP contribution is -2.14. The van der Waals surface area contributed by atoms with Crippen molar-refractivity contribution in [3.63, 3.8) is 0 Å². The molecule has 1 amide bonds. The van der Waals surface area contributed by atoms with Gasteiger partial charge in [-0.1, -0.05) is 33.6 Å². The Morgan fingerprint density at radius 3 is 2.58 bits per heavy atom. The second-order valence-corrected chi connectivity index (χ2v) is 5.85. The number of benzene rings is 2. The van der Waals surface area contributed by atoms with E-state index in [1.54, 1.807) is 18.2 Å². The molecular weight excluding hydrogens is 400 g/mol. The van der Waals surface area contributed by atoms with Crippen LogP contribution in [0.15, 0.2) is 45.3 Å². The maximum Gasteiger partial charge on any atom is 0.260 e. The molecule has 0 heterocycles. The van der Waals surface area contributed by atoms with Crippen molar-refractivity contribution < 1.29 is 9.18 Å². The van der Waals surface area contributed by atoms with E-state index in [-0.39, 0.29) is 10.6 Å². The van der Waals surface area contributed by atoms with Gasteiger partial charge in [0.1, 0.15) is 5.82 Å². The monoisotopic (exact) mass is 405 g/mol. The van der Waals surface area contributed by atoms with Crippen LogP contribution in [0.1, 0.15) is 10.4 Å². The van der Waals surface area contributed by atoms with Crippen molar-refractivity contribution in [1.29, 1.82) is 0 Å². The number of rotatable bonds is 2. The minimum absolute atomic E-state index is 0.0748. The van der Waals surface area contributed by atoms with E-state index >= 15 is 0 Å². The van der Waals surface area contributed by atoms with Crippen molar-refractivity contribution in [1.82, 2.24) is 0 Å². The number of hydrogen-bond donors (Lipinski definition) is 1. The van der Waals surface area contributed by atoms with Gasteiger partial charge in [0, 0.05) is 8.95 Å². The van der Waals surface area contributed by atoms with Gasteiger partial charge in [0.2, 0.25) is 0 Å². The molecule has 0 saturated heterocycles. The summed E-state index contributed by atoms with van der Waals surface area (Å²) in [6.07, 6.45) is 0. The summed E-state index contributed by atoms with van der Waals surface area (Å²) < 4.78 is 15.1. The molecule has 2 aromatic carbocycles. The summed E-state index contributed by atoms with van der Waals surface area (Å²) in [6.45, 7) is 0. The Labute approximate surface area is 131 Å². The summed E-state index contributed by atoms with van der Waals surface area (Å²) in [4.78, 5) is 12.0. The van der Waals surface area contributed by atoms with Crippen molar-refractivity contribution in [2.45, 2.75) is 0 Å². The number of amides is 1. The second-order valence-electron chi connectivity index (χ2n) is 3.67. The maximum absolute atomic E-state index is 13.6. The molecule has 0 aromatic heterocycles. The van der Waals surface area contributed by atoms with Crippen LogP contribution < -0.4 is 5.32 Å². The van der Waals surface area contributed by atoms with Crippen molar-refractivity contribution >= 4 is 55.1 Å². The molecule has 0 radical (unpaired) electrons.